The smallest absolute Gasteiger partial charge is 0.0128 e. The van der Waals surface area contributed by atoms with Crippen LogP contribution in [0, 0.1) is 58.7 Å². The molecule has 40 heavy (non-hydrogen) atoms. The van der Waals surface area contributed by atoms with Gasteiger partial charge in [-0.1, -0.05) is 132 Å². The first kappa shape index (κ1) is 31.9. The highest BCUT2D eigenvalue weighted by atomic mass is 14.7. The van der Waals surface area contributed by atoms with Crippen molar-refractivity contribution < 1.29 is 0 Å². The lowest BCUT2D eigenvalue weighted by atomic mass is 9.31. The van der Waals surface area contributed by atoms with E-state index in [4.69, 9.17) is 0 Å². The third kappa shape index (κ3) is 4.42. The van der Waals surface area contributed by atoms with Gasteiger partial charge in [-0.3, -0.25) is 0 Å². The van der Waals surface area contributed by atoms with Crippen molar-refractivity contribution in [1.82, 2.24) is 0 Å². The summed E-state index contributed by atoms with van der Waals surface area (Å²) < 4.78 is 0. The molecule has 0 radical (unpaired) electrons. The van der Waals surface area contributed by atoms with Crippen molar-refractivity contribution in [3.63, 3.8) is 0 Å². The molecule has 0 aromatic heterocycles. The maximum absolute atomic E-state index is 2.73. The summed E-state index contributed by atoms with van der Waals surface area (Å²) in [5.41, 5.74) is 11.1. The Labute approximate surface area is 250 Å². The second kappa shape index (κ2) is 11.2. The third-order valence-electron chi connectivity index (χ3n) is 14.7. The lowest BCUT2D eigenvalue weighted by Crippen LogP contribution is -2.67. The summed E-state index contributed by atoms with van der Waals surface area (Å²) in [6, 6.07) is 5.12. The van der Waals surface area contributed by atoms with Crippen LogP contribution in [-0.2, 0) is 6.42 Å². The molecule has 3 aliphatic carbocycles. The molecule has 0 N–H and O–H groups in total. The number of rotatable bonds is 8. The molecule has 1 aromatic carbocycles. The molecule has 4 rings (SSSR count). The molecular weight excluding hydrogens is 480 g/mol. The van der Waals surface area contributed by atoms with Crippen LogP contribution in [0.2, 0.25) is 0 Å². The van der Waals surface area contributed by atoms with Crippen LogP contribution in [0.4, 0.5) is 0 Å². The lowest BCUT2D eigenvalue weighted by Gasteiger charge is -2.73. The fourth-order valence-corrected chi connectivity index (χ4v) is 11.9. The summed E-state index contributed by atoms with van der Waals surface area (Å²) >= 11 is 0. The summed E-state index contributed by atoms with van der Waals surface area (Å²) in [5.74, 6) is 5.38. The Morgan fingerprint density at radius 2 is 1.52 bits per heavy atom. The molecule has 0 heteroatoms. The van der Waals surface area contributed by atoms with E-state index in [1.54, 1.807) is 33.4 Å². The fraction of sp³-hybridized carbons (Fsp3) is 0.800. The molecular formula is C40H66. The van der Waals surface area contributed by atoms with E-state index in [0.717, 1.165) is 5.92 Å². The maximum atomic E-state index is 2.73. The van der Waals surface area contributed by atoms with E-state index in [1.807, 2.05) is 0 Å². The molecule has 3 aliphatic rings. The Balaban J connectivity index is 1.77. The van der Waals surface area contributed by atoms with Gasteiger partial charge in [0.15, 0.2) is 0 Å². The molecule has 0 amide bonds. The standard InChI is InChI=1S/C40H66/c1-15-16-17-18-25(4)19-20-33-21-22-34-29(8)39(13)32(11)38(12)23-26(5)35(24(2)3)30(9)40(38,14)31(10)37(39)28(7)36(34)27(33)6/h21-22,24-25,28-32,37H,15-20,23H2,1-14H3. The molecule has 10 unspecified atom stereocenters. The number of aryl methyl sites for hydroxylation is 1. The molecule has 0 spiro atoms. The van der Waals surface area contributed by atoms with Crippen LogP contribution in [0.5, 0.6) is 0 Å². The van der Waals surface area contributed by atoms with Gasteiger partial charge in [0.1, 0.15) is 0 Å². The second-order valence-electron chi connectivity index (χ2n) is 16.4. The number of benzene rings is 1. The van der Waals surface area contributed by atoms with E-state index in [2.05, 4.69) is 109 Å². The van der Waals surface area contributed by atoms with E-state index in [9.17, 15) is 0 Å². The summed E-state index contributed by atoms with van der Waals surface area (Å²) in [7, 11) is 0. The van der Waals surface area contributed by atoms with Crippen LogP contribution < -0.4 is 0 Å². The number of hydrogen-bond donors (Lipinski definition) is 0. The molecule has 0 bridgehead atoms. The highest BCUT2D eigenvalue weighted by molar-refractivity contribution is 5.49. The SMILES string of the molecule is CCCCCC(C)CCc1ccc2c(c1C)C(C)C1C(C)C3(C)C(C)C(C(C)C)=C(C)CC3(C)C(C)C1(C)C2C. The van der Waals surface area contributed by atoms with E-state index in [1.165, 1.54) is 44.9 Å². The summed E-state index contributed by atoms with van der Waals surface area (Å²) in [5, 5.41) is 0. The van der Waals surface area contributed by atoms with Crippen molar-refractivity contribution in [2.45, 2.75) is 154 Å². The topological polar surface area (TPSA) is 0 Å². The van der Waals surface area contributed by atoms with Crippen molar-refractivity contribution in [2.75, 3.05) is 0 Å². The monoisotopic (exact) mass is 547 g/mol. The van der Waals surface area contributed by atoms with Crippen molar-refractivity contribution in [3.05, 3.63) is 45.5 Å². The zero-order chi connectivity index (χ0) is 29.9. The quantitative estimate of drug-likeness (QED) is 0.225. The van der Waals surface area contributed by atoms with Gasteiger partial charge in [-0.15, -0.1) is 0 Å². The molecule has 0 saturated heterocycles. The molecule has 1 saturated carbocycles. The zero-order valence-corrected chi connectivity index (χ0v) is 29.2. The van der Waals surface area contributed by atoms with Crippen LogP contribution in [0.15, 0.2) is 23.3 Å². The van der Waals surface area contributed by atoms with Gasteiger partial charge in [-0.05, 0) is 119 Å². The summed E-state index contributed by atoms with van der Waals surface area (Å²) in [4.78, 5) is 0. The Morgan fingerprint density at radius 3 is 2.12 bits per heavy atom. The van der Waals surface area contributed by atoms with E-state index in [0.29, 0.717) is 57.7 Å². The molecule has 0 heterocycles. The average Bonchev–Trinajstić information content (AvgIpc) is 2.88. The van der Waals surface area contributed by atoms with Crippen molar-refractivity contribution in [1.29, 1.82) is 0 Å². The molecule has 10 atom stereocenters. The number of unbranched alkanes of at least 4 members (excludes halogenated alkanes) is 2. The van der Waals surface area contributed by atoms with Crippen molar-refractivity contribution in [3.8, 4) is 0 Å². The van der Waals surface area contributed by atoms with Gasteiger partial charge < -0.3 is 0 Å². The molecule has 1 fully saturated rings. The van der Waals surface area contributed by atoms with Gasteiger partial charge in [0.25, 0.3) is 0 Å². The van der Waals surface area contributed by atoms with E-state index < -0.39 is 0 Å². The lowest BCUT2D eigenvalue weighted by molar-refractivity contribution is -0.214. The van der Waals surface area contributed by atoms with E-state index in [-0.39, 0.29) is 0 Å². The predicted molar refractivity (Wildman–Crippen MR) is 177 cm³/mol. The minimum atomic E-state index is 0.303. The average molecular weight is 547 g/mol. The molecule has 1 aromatic rings. The van der Waals surface area contributed by atoms with Crippen LogP contribution in [0.3, 0.4) is 0 Å². The van der Waals surface area contributed by atoms with Gasteiger partial charge in [-0.2, -0.15) is 0 Å². The molecule has 0 nitrogen and oxygen atoms in total. The predicted octanol–water partition coefficient (Wildman–Crippen LogP) is 12.3. The first-order valence-electron chi connectivity index (χ1n) is 17.4. The Kier molecular flexibility index (Phi) is 8.95. The second-order valence-corrected chi connectivity index (χ2v) is 16.4. The normalized spacial score (nSPS) is 40.1. The van der Waals surface area contributed by atoms with Crippen LogP contribution in [0.25, 0.3) is 0 Å². The van der Waals surface area contributed by atoms with Gasteiger partial charge >= 0.3 is 0 Å². The maximum Gasteiger partial charge on any atom is -0.0128 e. The largest absolute Gasteiger partial charge is 0.0730 e. The van der Waals surface area contributed by atoms with Crippen molar-refractivity contribution in [2.24, 2.45) is 51.8 Å². The third-order valence-corrected chi connectivity index (χ3v) is 14.7. The summed E-state index contributed by atoms with van der Waals surface area (Å²) in [6.45, 7) is 36.0. The minimum Gasteiger partial charge on any atom is -0.0730 e. The van der Waals surface area contributed by atoms with Gasteiger partial charge in [-0.25, -0.2) is 0 Å². The Morgan fingerprint density at radius 1 is 0.875 bits per heavy atom. The van der Waals surface area contributed by atoms with Gasteiger partial charge in [0.05, 0.1) is 0 Å². The van der Waals surface area contributed by atoms with Crippen LogP contribution >= 0.6 is 0 Å². The van der Waals surface area contributed by atoms with Crippen LogP contribution in [0.1, 0.15) is 163 Å². The first-order chi connectivity index (χ1) is 18.6. The number of allylic oxidation sites excluding steroid dienone is 2. The minimum absolute atomic E-state index is 0.303. The van der Waals surface area contributed by atoms with E-state index >= 15 is 0 Å². The molecule has 226 valence electrons. The first-order valence-corrected chi connectivity index (χ1v) is 17.4. The van der Waals surface area contributed by atoms with Gasteiger partial charge in [0, 0.05) is 0 Å². The number of hydrogen-bond acceptors (Lipinski definition) is 0. The van der Waals surface area contributed by atoms with Gasteiger partial charge in [0.2, 0.25) is 0 Å². The zero-order valence-electron chi connectivity index (χ0n) is 29.2. The Hall–Kier alpha value is -1.04. The number of fused-ring (bicyclic) bond motifs is 3. The fourth-order valence-electron chi connectivity index (χ4n) is 11.9. The highest BCUT2D eigenvalue weighted by Gasteiger charge is 2.70. The highest BCUT2D eigenvalue weighted by Crippen LogP contribution is 2.76. The Bertz CT molecular complexity index is 1100. The van der Waals surface area contributed by atoms with Crippen molar-refractivity contribution >= 4 is 0 Å². The molecule has 0 aliphatic heterocycles. The summed E-state index contributed by atoms with van der Waals surface area (Å²) in [6.07, 6.45) is 9.36. The van der Waals surface area contributed by atoms with Crippen LogP contribution in [-0.4, -0.2) is 0 Å².